The molecule has 0 aliphatic carbocycles. The van der Waals surface area contributed by atoms with Gasteiger partial charge in [-0.1, -0.05) is 19.9 Å². The number of ether oxygens (including phenoxy) is 4. The molecular formula is C24H23F3O7. The number of esters is 1. The topological polar surface area (TPSA) is 84.2 Å². The van der Waals surface area contributed by atoms with Gasteiger partial charge < -0.3 is 23.4 Å². The fourth-order valence-corrected chi connectivity index (χ4v) is 3.16. The average molecular weight is 480 g/mol. The molecule has 3 aromatic rings. The van der Waals surface area contributed by atoms with Crippen molar-refractivity contribution in [3.63, 3.8) is 0 Å². The van der Waals surface area contributed by atoms with Crippen LogP contribution in [-0.2, 0) is 15.7 Å². The van der Waals surface area contributed by atoms with Crippen molar-refractivity contribution in [2.45, 2.75) is 20.0 Å². The first kappa shape index (κ1) is 24.9. The molecule has 0 aliphatic rings. The highest BCUT2D eigenvalue weighted by atomic mass is 19.4. The minimum Gasteiger partial charge on any atom is -0.493 e. The SMILES string of the molecule is COc1ccc(-c2c(C(F)(F)F)oc3cc(OCC(=O)OCC(C)C)ccc3c2=O)cc1OC. The van der Waals surface area contributed by atoms with Crippen molar-refractivity contribution in [3.8, 4) is 28.4 Å². The van der Waals surface area contributed by atoms with E-state index in [0.29, 0.717) is 5.75 Å². The van der Waals surface area contributed by atoms with E-state index < -0.39 is 35.5 Å². The zero-order chi connectivity index (χ0) is 25.0. The Morgan fingerprint density at radius 1 is 1.03 bits per heavy atom. The monoisotopic (exact) mass is 480 g/mol. The van der Waals surface area contributed by atoms with E-state index >= 15 is 0 Å². The number of alkyl halides is 3. The summed E-state index contributed by atoms with van der Waals surface area (Å²) in [6.07, 6.45) is -4.96. The Morgan fingerprint density at radius 2 is 1.74 bits per heavy atom. The molecule has 7 nitrogen and oxygen atoms in total. The van der Waals surface area contributed by atoms with E-state index in [1.54, 1.807) is 0 Å². The Labute approximate surface area is 193 Å². The quantitative estimate of drug-likeness (QED) is 0.416. The molecule has 10 heteroatoms. The number of hydrogen-bond donors (Lipinski definition) is 0. The van der Waals surface area contributed by atoms with Crippen LogP contribution in [0.3, 0.4) is 0 Å². The molecule has 1 heterocycles. The maximum absolute atomic E-state index is 13.9. The zero-order valence-corrected chi connectivity index (χ0v) is 18.9. The Kier molecular flexibility index (Phi) is 7.38. The molecule has 1 aromatic heterocycles. The van der Waals surface area contributed by atoms with Gasteiger partial charge in [-0.15, -0.1) is 0 Å². The zero-order valence-electron chi connectivity index (χ0n) is 18.9. The van der Waals surface area contributed by atoms with Crippen LogP contribution in [0.1, 0.15) is 19.6 Å². The summed E-state index contributed by atoms with van der Waals surface area (Å²) in [4.78, 5) is 24.9. The van der Waals surface area contributed by atoms with Crippen LogP contribution in [0.4, 0.5) is 13.2 Å². The maximum atomic E-state index is 13.9. The van der Waals surface area contributed by atoms with Crippen LogP contribution >= 0.6 is 0 Å². The smallest absolute Gasteiger partial charge is 0.450 e. The summed E-state index contributed by atoms with van der Waals surface area (Å²) in [7, 11) is 2.71. The molecule has 2 aromatic carbocycles. The lowest BCUT2D eigenvalue weighted by Gasteiger charge is -2.15. The number of rotatable bonds is 8. The largest absolute Gasteiger partial charge is 0.493 e. The third-order valence-electron chi connectivity index (χ3n) is 4.73. The van der Waals surface area contributed by atoms with Gasteiger partial charge in [-0.25, -0.2) is 4.79 Å². The lowest BCUT2D eigenvalue weighted by molar-refractivity contribution is -0.152. The van der Waals surface area contributed by atoms with Crippen LogP contribution in [-0.4, -0.2) is 33.4 Å². The number of halogens is 3. The van der Waals surface area contributed by atoms with Gasteiger partial charge in [0.05, 0.1) is 31.8 Å². The second-order valence-electron chi connectivity index (χ2n) is 7.73. The maximum Gasteiger partial charge on any atom is 0.450 e. The summed E-state index contributed by atoms with van der Waals surface area (Å²) in [6, 6.07) is 7.75. The van der Waals surface area contributed by atoms with Crippen molar-refractivity contribution >= 4 is 16.9 Å². The normalized spacial score (nSPS) is 11.5. The number of fused-ring (bicyclic) bond motifs is 1. The summed E-state index contributed by atoms with van der Waals surface area (Å²) in [5, 5.41) is -0.0903. The highest BCUT2D eigenvalue weighted by Crippen LogP contribution is 2.40. The van der Waals surface area contributed by atoms with Crippen molar-refractivity contribution < 1.29 is 41.3 Å². The van der Waals surface area contributed by atoms with Crippen molar-refractivity contribution in [2.24, 2.45) is 5.92 Å². The van der Waals surface area contributed by atoms with Crippen molar-refractivity contribution in [1.82, 2.24) is 0 Å². The van der Waals surface area contributed by atoms with Crippen LogP contribution in [0.5, 0.6) is 17.2 Å². The van der Waals surface area contributed by atoms with Gasteiger partial charge in [0.1, 0.15) is 11.3 Å². The molecule has 3 rings (SSSR count). The Hall–Kier alpha value is -3.69. The molecule has 0 saturated carbocycles. The third kappa shape index (κ3) is 5.44. The van der Waals surface area contributed by atoms with Gasteiger partial charge in [-0.05, 0) is 35.7 Å². The fraction of sp³-hybridized carbons (Fsp3) is 0.333. The van der Waals surface area contributed by atoms with Crippen LogP contribution in [0.2, 0.25) is 0 Å². The number of benzene rings is 2. The fourth-order valence-electron chi connectivity index (χ4n) is 3.16. The molecule has 182 valence electrons. The molecule has 0 unspecified atom stereocenters. The van der Waals surface area contributed by atoms with E-state index in [1.165, 1.54) is 44.6 Å². The van der Waals surface area contributed by atoms with Crippen LogP contribution < -0.4 is 19.6 Å². The summed E-state index contributed by atoms with van der Waals surface area (Å²) in [5.74, 6) is -1.47. The first-order valence-corrected chi connectivity index (χ1v) is 10.2. The van der Waals surface area contributed by atoms with Gasteiger partial charge in [0, 0.05) is 6.07 Å². The van der Waals surface area contributed by atoms with Gasteiger partial charge in [-0.3, -0.25) is 4.79 Å². The molecule has 0 bridgehead atoms. The van der Waals surface area contributed by atoms with Crippen LogP contribution in [0.15, 0.2) is 45.6 Å². The van der Waals surface area contributed by atoms with Crippen LogP contribution in [0, 0.1) is 5.92 Å². The molecule has 0 spiro atoms. The first-order valence-electron chi connectivity index (χ1n) is 10.2. The highest BCUT2D eigenvalue weighted by molar-refractivity contribution is 5.84. The second kappa shape index (κ2) is 10.1. The lowest BCUT2D eigenvalue weighted by atomic mass is 10.0. The summed E-state index contributed by atoms with van der Waals surface area (Å²) < 4.78 is 67.4. The van der Waals surface area contributed by atoms with Crippen molar-refractivity contribution in [3.05, 3.63) is 52.4 Å². The number of carbonyl (C=O) groups is 1. The van der Waals surface area contributed by atoms with E-state index in [0.717, 1.165) is 6.07 Å². The molecule has 0 saturated heterocycles. The van der Waals surface area contributed by atoms with E-state index in [2.05, 4.69) is 0 Å². The predicted molar refractivity (Wildman–Crippen MR) is 117 cm³/mol. The molecule has 0 aliphatic heterocycles. The van der Waals surface area contributed by atoms with E-state index in [9.17, 15) is 22.8 Å². The summed E-state index contributed by atoms with van der Waals surface area (Å²) in [5.41, 5.74) is -1.93. The molecule has 0 radical (unpaired) electrons. The number of carbonyl (C=O) groups excluding carboxylic acids is 1. The van der Waals surface area contributed by atoms with Gasteiger partial charge in [0.2, 0.25) is 11.2 Å². The Balaban J connectivity index is 2.05. The predicted octanol–water partition coefficient (Wildman–Crippen LogP) is 5.07. The molecular weight excluding hydrogens is 457 g/mol. The van der Waals surface area contributed by atoms with Gasteiger partial charge in [0.15, 0.2) is 18.1 Å². The molecule has 0 amide bonds. The van der Waals surface area contributed by atoms with Crippen molar-refractivity contribution in [1.29, 1.82) is 0 Å². The Bertz CT molecular complexity index is 1250. The molecule has 0 N–H and O–H groups in total. The number of hydrogen-bond acceptors (Lipinski definition) is 7. The van der Waals surface area contributed by atoms with Crippen molar-refractivity contribution in [2.75, 3.05) is 27.4 Å². The van der Waals surface area contributed by atoms with Gasteiger partial charge in [-0.2, -0.15) is 13.2 Å². The van der Waals surface area contributed by atoms with E-state index in [4.69, 9.17) is 23.4 Å². The standard InChI is InChI=1S/C24H23F3O7/c1-13(2)11-33-20(28)12-32-15-6-7-16-18(10-15)34-23(24(25,26)27)21(22(16)29)14-5-8-17(30-3)19(9-14)31-4/h5-10,13H,11-12H2,1-4H3. The van der Waals surface area contributed by atoms with E-state index in [-0.39, 0.29) is 40.6 Å². The van der Waals surface area contributed by atoms with E-state index in [1.807, 2.05) is 13.8 Å². The molecule has 0 fully saturated rings. The minimum atomic E-state index is -4.96. The third-order valence-corrected chi connectivity index (χ3v) is 4.73. The molecule has 34 heavy (non-hydrogen) atoms. The van der Waals surface area contributed by atoms with Gasteiger partial charge >= 0.3 is 12.1 Å². The number of methoxy groups -OCH3 is 2. The Morgan fingerprint density at radius 3 is 2.35 bits per heavy atom. The summed E-state index contributed by atoms with van der Waals surface area (Å²) >= 11 is 0. The summed E-state index contributed by atoms with van der Waals surface area (Å²) in [6.45, 7) is 3.50. The highest BCUT2D eigenvalue weighted by Gasteiger charge is 2.39. The second-order valence-corrected chi connectivity index (χ2v) is 7.73. The first-order chi connectivity index (χ1) is 16.0. The minimum absolute atomic E-state index is 0.0455. The molecule has 0 atom stereocenters. The van der Waals surface area contributed by atoms with Gasteiger partial charge in [0.25, 0.3) is 0 Å². The lowest BCUT2D eigenvalue weighted by Crippen LogP contribution is -2.18. The average Bonchev–Trinajstić information content (AvgIpc) is 2.80. The van der Waals surface area contributed by atoms with Crippen LogP contribution in [0.25, 0.3) is 22.1 Å².